The zero-order chi connectivity index (χ0) is 15.2. The van der Waals surface area contributed by atoms with E-state index < -0.39 is 0 Å². The first-order valence-electron chi connectivity index (χ1n) is 7.43. The van der Waals surface area contributed by atoms with Gasteiger partial charge in [-0.1, -0.05) is 19.1 Å². The van der Waals surface area contributed by atoms with Crippen molar-refractivity contribution in [3.63, 3.8) is 0 Å². The van der Waals surface area contributed by atoms with Gasteiger partial charge in [0, 0.05) is 13.2 Å². The number of methoxy groups -OCH3 is 1. The molecule has 0 aromatic heterocycles. The first-order chi connectivity index (χ1) is 9.38. The molecule has 1 rings (SSSR count). The van der Waals surface area contributed by atoms with Crippen LogP contribution in [0.2, 0.25) is 0 Å². The topological polar surface area (TPSA) is 30.5 Å². The van der Waals surface area contributed by atoms with Crippen LogP contribution in [0.15, 0.2) is 24.3 Å². The number of hydrogen-bond donors (Lipinski definition) is 1. The summed E-state index contributed by atoms with van der Waals surface area (Å²) in [6.07, 6.45) is 1.11. The molecule has 0 amide bonds. The molecule has 0 aliphatic rings. The van der Waals surface area contributed by atoms with E-state index in [2.05, 4.69) is 44.3 Å². The fourth-order valence-electron chi connectivity index (χ4n) is 2.21. The summed E-state index contributed by atoms with van der Waals surface area (Å²) < 4.78 is 11.3. The van der Waals surface area contributed by atoms with E-state index in [1.54, 1.807) is 7.11 Å². The highest BCUT2D eigenvalue weighted by Crippen LogP contribution is 2.28. The van der Waals surface area contributed by atoms with Crippen LogP contribution in [0.1, 0.15) is 52.6 Å². The van der Waals surface area contributed by atoms with E-state index in [-0.39, 0.29) is 17.7 Å². The minimum Gasteiger partial charge on any atom is -0.491 e. The van der Waals surface area contributed by atoms with Gasteiger partial charge in [0.1, 0.15) is 5.75 Å². The third-order valence-electron chi connectivity index (χ3n) is 3.33. The van der Waals surface area contributed by atoms with Crippen LogP contribution in [0.5, 0.6) is 5.75 Å². The molecule has 3 nitrogen and oxygen atoms in total. The van der Waals surface area contributed by atoms with Crippen LogP contribution in [0.3, 0.4) is 0 Å². The van der Waals surface area contributed by atoms with E-state index in [9.17, 15) is 0 Å². The second kappa shape index (κ2) is 7.65. The van der Waals surface area contributed by atoms with E-state index in [0.717, 1.165) is 18.7 Å². The molecule has 0 aliphatic carbocycles. The standard InChI is InChI=1S/C17H29NO2/c1-7-18-16(12-17(4,5)19-6)14-9-8-10-15(11-14)20-13(2)3/h8-11,13,16,18H,7,12H2,1-6H3. The molecule has 0 aliphatic heterocycles. The Kier molecular flexibility index (Phi) is 6.50. The maximum atomic E-state index is 5.78. The molecule has 0 fully saturated rings. The third-order valence-corrected chi connectivity index (χ3v) is 3.33. The van der Waals surface area contributed by atoms with Gasteiger partial charge < -0.3 is 14.8 Å². The Morgan fingerprint density at radius 3 is 2.50 bits per heavy atom. The monoisotopic (exact) mass is 279 g/mol. The molecule has 0 radical (unpaired) electrons. The number of rotatable bonds is 8. The van der Waals surface area contributed by atoms with Crippen molar-refractivity contribution in [2.24, 2.45) is 0 Å². The lowest BCUT2D eigenvalue weighted by Gasteiger charge is -2.29. The van der Waals surface area contributed by atoms with E-state index in [0.29, 0.717) is 0 Å². The summed E-state index contributed by atoms with van der Waals surface area (Å²) >= 11 is 0. The smallest absolute Gasteiger partial charge is 0.120 e. The molecule has 1 aromatic rings. The Labute approximate surface area is 123 Å². The van der Waals surface area contributed by atoms with E-state index in [1.165, 1.54) is 5.56 Å². The Bertz CT molecular complexity index is 402. The molecule has 1 N–H and O–H groups in total. The fraction of sp³-hybridized carbons (Fsp3) is 0.647. The normalized spacial score (nSPS) is 13.6. The second-order valence-electron chi connectivity index (χ2n) is 6.02. The van der Waals surface area contributed by atoms with Crippen molar-refractivity contribution in [2.75, 3.05) is 13.7 Å². The molecule has 20 heavy (non-hydrogen) atoms. The lowest BCUT2D eigenvalue weighted by molar-refractivity contribution is 0.00694. The van der Waals surface area contributed by atoms with Crippen molar-refractivity contribution < 1.29 is 9.47 Å². The maximum absolute atomic E-state index is 5.78. The molecule has 3 heteroatoms. The van der Waals surface area contributed by atoms with Gasteiger partial charge in [0.05, 0.1) is 11.7 Å². The van der Waals surface area contributed by atoms with Crippen molar-refractivity contribution >= 4 is 0 Å². The number of hydrogen-bond acceptors (Lipinski definition) is 3. The fourth-order valence-corrected chi connectivity index (χ4v) is 2.21. The summed E-state index contributed by atoms with van der Waals surface area (Å²) in [5.74, 6) is 0.927. The molecule has 1 unspecified atom stereocenters. The van der Waals surface area contributed by atoms with Crippen LogP contribution in [0.4, 0.5) is 0 Å². The van der Waals surface area contributed by atoms with Gasteiger partial charge in [0.2, 0.25) is 0 Å². The molecule has 0 spiro atoms. The molecule has 0 bridgehead atoms. The molecule has 1 atom stereocenters. The van der Waals surface area contributed by atoms with E-state index in [1.807, 2.05) is 19.9 Å². The first-order valence-corrected chi connectivity index (χ1v) is 7.43. The SMILES string of the molecule is CCNC(CC(C)(C)OC)c1cccc(OC(C)C)c1. The van der Waals surface area contributed by atoms with E-state index in [4.69, 9.17) is 9.47 Å². The van der Waals surface area contributed by atoms with Gasteiger partial charge in [0.25, 0.3) is 0 Å². The predicted octanol–water partition coefficient (Wildman–Crippen LogP) is 3.94. The Hall–Kier alpha value is -1.06. The average Bonchev–Trinajstić information content (AvgIpc) is 2.37. The lowest BCUT2D eigenvalue weighted by atomic mass is 9.93. The Balaban J connectivity index is 2.90. The van der Waals surface area contributed by atoms with Crippen molar-refractivity contribution in [3.8, 4) is 5.75 Å². The summed E-state index contributed by atoms with van der Waals surface area (Å²) in [7, 11) is 1.77. The molecule has 0 saturated carbocycles. The average molecular weight is 279 g/mol. The third kappa shape index (κ3) is 5.51. The van der Waals surface area contributed by atoms with Crippen molar-refractivity contribution in [1.82, 2.24) is 5.32 Å². The number of nitrogens with one attached hydrogen (secondary N) is 1. The van der Waals surface area contributed by atoms with Crippen LogP contribution >= 0.6 is 0 Å². The van der Waals surface area contributed by atoms with Gasteiger partial charge in [-0.25, -0.2) is 0 Å². The first kappa shape index (κ1) is 17.0. The molecule has 0 heterocycles. The van der Waals surface area contributed by atoms with Crippen molar-refractivity contribution in [1.29, 1.82) is 0 Å². The van der Waals surface area contributed by atoms with Gasteiger partial charge >= 0.3 is 0 Å². The summed E-state index contributed by atoms with van der Waals surface area (Å²) in [5, 5.41) is 3.53. The molecule has 0 saturated heterocycles. The van der Waals surface area contributed by atoms with Gasteiger partial charge in [-0.05, 0) is 58.4 Å². The maximum Gasteiger partial charge on any atom is 0.120 e. The van der Waals surface area contributed by atoms with Crippen LogP contribution in [0, 0.1) is 0 Å². The lowest BCUT2D eigenvalue weighted by Crippen LogP contribution is -2.32. The summed E-state index contributed by atoms with van der Waals surface area (Å²) in [6.45, 7) is 11.4. The van der Waals surface area contributed by atoms with Crippen LogP contribution in [-0.4, -0.2) is 25.4 Å². The van der Waals surface area contributed by atoms with Crippen LogP contribution in [-0.2, 0) is 4.74 Å². The molecular weight excluding hydrogens is 250 g/mol. The minimum absolute atomic E-state index is 0.151. The van der Waals surface area contributed by atoms with Gasteiger partial charge in [-0.2, -0.15) is 0 Å². The summed E-state index contributed by atoms with van der Waals surface area (Å²) in [6, 6.07) is 8.60. The highest BCUT2D eigenvalue weighted by molar-refractivity contribution is 5.31. The number of ether oxygens (including phenoxy) is 2. The second-order valence-corrected chi connectivity index (χ2v) is 6.02. The zero-order valence-corrected chi connectivity index (χ0v) is 13.7. The summed E-state index contributed by atoms with van der Waals surface area (Å²) in [5.41, 5.74) is 1.09. The molecule has 114 valence electrons. The van der Waals surface area contributed by atoms with Gasteiger partial charge in [-0.15, -0.1) is 0 Å². The minimum atomic E-state index is -0.151. The largest absolute Gasteiger partial charge is 0.491 e. The van der Waals surface area contributed by atoms with Crippen LogP contribution in [0.25, 0.3) is 0 Å². The van der Waals surface area contributed by atoms with Crippen molar-refractivity contribution in [2.45, 2.75) is 58.8 Å². The predicted molar refractivity (Wildman–Crippen MR) is 84.3 cm³/mol. The van der Waals surface area contributed by atoms with Gasteiger partial charge in [0.15, 0.2) is 0 Å². The van der Waals surface area contributed by atoms with Gasteiger partial charge in [-0.3, -0.25) is 0 Å². The Morgan fingerprint density at radius 2 is 1.95 bits per heavy atom. The summed E-state index contributed by atoms with van der Waals surface area (Å²) in [4.78, 5) is 0. The molecular formula is C17H29NO2. The number of benzene rings is 1. The highest BCUT2D eigenvalue weighted by atomic mass is 16.5. The van der Waals surface area contributed by atoms with Crippen LogP contribution < -0.4 is 10.1 Å². The zero-order valence-electron chi connectivity index (χ0n) is 13.7. The quantitative estimate of drug-likeness (QED) is 0.782. The Morgan fingerprint density at radius 1 is 1.25 bits per heavy atom. The van der Waals surface area contributed by atoms with Crippen molar-refractivity contribution in [3.05, 3.63) is 29.8 Å². The van der Waals surface area contributed by atoms with E-state index >= 15 is 0 Å². The molecule has 1 aromatic carbocycles. The highest BCUT2D eigenvalue weighted by Gasteiger charge is 2.23.